The summed E-state index contributed by atoms with van der Waals surface area (Å²) in [6.07, 6.45) is 2.75. The van der Waals surface area contributed by atoms with E-state index in [0.717, 1.165) is 19.5 Å². The molecular formula is C6H9N3. The highest BCUT2D eigenvalue weighted by atomic mass is 15.0. The van der Waals surface area contributed by atoms with Crippen molar-refractivity contribution < 1.29 is 0 Å². The van der Waals surface area contributed by atoms with Gasteiger partial charge in [0.15, 0.2) is 0 Å². The number of rotatable bonds is 0. The molecule has 0 aromatic carbocycles. The maximum Gasteiger partial charge on any atom is 0.110 e. The summed E-state index contributed by atoms with van der Waals surface area (Å²) in [7, 11) is 0. The van der Waals surface area contributed by atoms with Crippen molar-refractivity contribution in [3.63, 3.8) is 0 Å². The summed E-state index contributed by atoms with van der Waals surface area (Å²) in [5.41, 5.74) is 1.26. The first-order valence-electron chi connectivity index (χ1n) is 3.26. The van der Waals surface area contributed by atoms with Crippen LogP contribution < -0.4 is 5.32 Å². The van der Waals surface area contributed by atoms with Crippen LogP contribution in [0.5, 0.6) is 0 Å². The lowest BCUT2D eigenvalue weighted by molar-refractivity contribution is 0.626. The molecule has 2 aliphatic heterocycles. The van der Waals surface area contributed by atoms with Crippen molar-refractivity contribution in [2.45, 2.75) is 12.5 Å². The minimum atomic E-state index is 0.374. The normalized spacial score (nSPS) is 32.0. The molecule has 9 heavy (non-hydrogen) atoms. The largest absolute Gasteiger partial charge is 0.314 e. The Balaban J connectivity index is 2.16. The topological polar surface area (TPSA) is 36.8 Å². The number of piperidine rings is 1. The molecule has 0 aromatic rings. The van der Waals surface area contributed by atoms with Gasteiger partial charge in [0.1, 0.15) is 12.4 Å². The van der Waals surface area contributed by atoms with E-state index in [-0.39, 0.29) is 0 Å². The molecule has 3 heteroatoms. The molecule has 2 rings (SSSR count). The van der Waals surface area contributed by atoms with Crippen LogP contribution in [0.3, 0.4) is 0 Å². The van der Waals surface area contributed by atoms with Crippen molar-refractivity contribution in [3.8, 4) is 0 Å². The summed E-state index contributed by atoms with van der Waals surface area (Å²) in [6.45, 7) is 2.05. The fourth-order valence-electron chi connectivity index (χ4n) is 1.22. The van der Waals surface area contributed by atoms with Gasteiger partial charge < -0.3 is 5.32 Å². The molecule has 1 N–H and O–H groups in total. The Morgan fingerprint density at radius 1 is 1.67 bits per heavy atom. The molecule has 2 aliphatic rings. The molecule has 0 bridgehead atoms. The Morgan fingerprint density at radius 2 is 2.67 bits per heavy atom. The van der Waals surface area contributed by atoms with E-state index in [0.29, 0.717) is 6.04 Å². The van der Waals surface area contributed by atoms with Gasteiger partial charge in [-0.05, 0) is 0 Å². The number of hydrogen-bond donors (Lipinski definition) is 1. The van der Waals surface area contributed by atoms with Gasteiger partial charge in [0.25, 0.3) is 0 Å². The van der Waals surface area contributed by atoms with E-state index < -0.39 is 0 Å². The fourth-order valence-corrected chi connectivity index (χ4v) is 1.22. The second kappa shape index (κ2) is 1.92. The lowest BCUT2D eigenvalue weighted by atomic mass is 10.1. The maximum absolute atomic E-state index is 4.17. The van der Waals surface area contributed by atoms with E-state index in [1.807, 2.05) is 0 Å². The summed E-state index contributed by atoms with van der Waals surface area (Å²) in [4.78, 5) is 8.31. The van der Waals surface area contributed by atoms with Crippen molar-refractivity contribution in [1.82, 2.24) is 5.32 Å². The molecule has 0 aliphatic carbocycles. The zero-order chi connectivity index (χ0) is 6.10. The van der Waals surface area contributed by atoms with Gasteiger partial charge in [0.05, 0.1) is 0 Å². The van der Waals surface area contributed by atoms with E-state index in [9.17, 15) is 0 Å². The predicted molar refractivity (Wildman–Crippen MR) is 37.2 cm³/mol. The molecular weight excluding hydrogens is 114 g/mol. The summed E-state index contributed by atoms with van der Waals surface area (Å²) in [6, 6.07) is 0.374. The highest BCUT2D eigenvalue weighted by Gasteiger charge is 2.20. The third-order valence-electron chi connectivity index (χ3n) is 1.75. The molecule has 0 unspecified atom stereocenters. The first kappa shape index (κ1) is 5.11. The first-order valence-corrected chi connectivity index (χ1v) is 3.26. The van der Waals surface area contributed by atoms with Gasteiger partial charge in [-0.2, -0.15) is 0 Å². The van der Waals surface area contributed by atoms with Gasteiger partial charge in [0.2, 0.25) is 0 Å². The molecule has 0 amide bonds. The van der Waals surface area contributed by atoms with Crippen LogP contribution in [0.4, 0.5) is 0 Å². The number of nitrogens with zero attached hydrogens (tertiary/aromatic N) is 2. The van der Waals surface area contributed by atoms with Crippen molar-refractivity contribution in [2.75, 3.05) is 13.1 Å². The smallest absolute Gasteiger partial charge is 0.110 e. The molecule has 0 saturated carbocycles. The van der Waals surface area contributed by atoms with Gasteiger partial charge in [-0.15, -0.1) is 0 Å². The second-order valence-electron chi connectivity index (χ2n) is 2.35. The average molecular weight is 123 g/mol. The van der Waals surface area contributed by atoms with Crippen LogP contribution in [-0.2, 0) is 0 Å². The molecule has 0 spiro atoms. The molecule has 0 radical (unpaired) electrons. The monoisotopic (exact) mass is 123 g/mol. The minimum absolute atomic E-state index is 0.374. The predicted octanol–water partition coefficient (Wildman–Crippen LogP) is -0.169. The van der Waals surface area contributed by atoms with Crippen LogP contribution >= 0.6 is 0 Å². The van der Waals surface area contributed by atoms with E-state index in [1.54, 1.807) is 6.34 Å². The zero-order valence-electron chi connectivity index (χ0n) is 5.17. The Hall–Kier alpha value is -0.700. The quantitative estimate of drug-likeness (QED) is 0.477. The SMILES string of the molecule is C1=N[C@H]2CNCCC2=N1. The standard InChI is InChI=1S/C6H9N3/c1-2-7-3-6-5(1)8-4-9-6/h4,6-7H,1-3H2/t6-/m0/s1. The number of nitrogens with one attached hydrogen (secondary N) is 1. The third-order valence-corrected chi connectivity index (χ3v) is 1.75. The van der Waals surface area contributed by atoms with E-state index >= 15 is 0 Å². The van der Waals surface area contributed by atoms with E-state index in [4.69, 9.17) is 0 Å². The number of aliphatic imine (C=N–C) groups is 2. The second-order valence-corrected chi connectivity index (χ2v) is 2.35. The van der Waals surface area contributed by atoms with Crippen molar-refractivity contribution >= 4 is 12.1 Å². The Labute approximate surface area is 53.9 Å². The molecule has 2 heterocycles. The van der Waals surface area contributed by atoms with Gasteiger partial charge >= 0.3 is 0 Å². The first-order chi connectivity index (χ1) is 4.47. The molecule has 3 nitrogen and oxygen atoms in total. The summed E-state index contributed by atoms with van der Waals surface area (Å²) >= 11 is 0. The van der Waals surface area contributed by atoms with Crippen LogP contribution in [0.2, 0.25) is 0 Å². The van der Waals surface area contributed by atoms with Crippen molar-refractivity contribution in [2.24, 2.45) is 9.98 Å². The molecule has 0 aromatic heterocycles. The van der Waals surface area contributed by atoms with E-state index in [2.05, 4.69) is 15.3 Å². The maximum atomic E-state index is 4.17. The lowest BCUT2D eigenvalue weighted by Gasteiger charge is -2.17. The molecule has 48 valence electrons. The molecule has 1 saturated heterocycles. The van der Waals surface area contributed by atoms with Crippen molar-refractivity contribution in [1.29, 1.82) is 0 Å². The minimum Gasteiger partial charge on any atom is -0.314 e. The van der Waals surface area contributed by atoms with Crippen LogP contribution in [-0.4, -0.2) is 31.2 Å². The molecule has 1 fully saturated rings. The Morgan fingerprint density at radius 3 is 3.56 bits per heavy atom. The van der Waals surface area contributed by atoms with Crippen molar-refractivity contribution in [3.05, 3.63) is 0 Å². The molecule has 1 atom stereocenters. The van der Waals surface area contributed by atoms with Gasteiger partial charge in [-0.1, -0.05) is 0 Å². The van der Waals surface area contributed by atoms with Crippen LogP contribution in [0.25, 0.3) is 0 Å². The van der Waals surface area contributed by atoms with Gasteiger partial charge in [-0.25, -0.2) is 4.99 Å². The highest BCUT2D eigenvalue weighted by Crippen LogP contribution is 2.07. The van der Waals surface area contributed by atoms with Gasteiger partial charge in [-0.3, -0.25) is 4.99 Å². The van der Waals surface area contributed by atoms with Gasteiger partial charge in [0, 0.05) is 25.2 Å². The average Bonchev–Trinajstić information content (AvgIpc) is 2.33. The van der Waals surface area contributed by atoms with E-state index in [1.165, 1.54) is 5.71 Å². The summed E-state index contributed by atoms with van der Waals surface area (Å²) < 4.78 is 0. The Kier molecular flexibility index (Phi) is 1.09. The van der Waals surface area contributed by atoms with Crippen LogP contribution in [0.15, 0.2) is 9.98 Å². The number of hydrogen-bond acceptors (Lipinski definition) is 3. The third kappa shape index (κ3) is 0.772. The fraction of sp³-hybridized carbons (Fsp3) is 0.667. The number of fused-ring (bicyclic) bond motifs is 1. The zero-order valence-corrected chi connectivity index (χ0v) is 5.17. The highest BCUT2D eigenvalue weighted by molar-refractivity contribution is 5.99. The van der Waals surface area contributed by atoms with Crippen LogP contribution in [0, 0.1) is 0 Å². The van der Waals surface area contributed by atoms with Crippen LogP contribution in [0.1, 0.15) is 6.42 Å². The summed E-state index contributed by atoms with van der Waals surface area (Å²) in [5, 5.41) is 3.26. The summed E-state index contributed by atoms with van der Waals surface area (Å²) in [5.74, 6) is 0. The lowest BCUT2D eigenvalue weighted by Crippen LogP contribution is -2.38. The Bertz CT molecular complexity index is 171.